The van der Waals surface area contributed by atoms with Crippen LogP contribution < -0.4 is 11.1 Å². The van der Waals surface area contributed by atoms with Crippen LogP contribution >= 0.6 is 0 Å². The van der Waals surface area contributed by atoms with Gasteiger partial charge >= 0.3 is 0 Å². The molecule has 0 aliphatic rings. The number of nitrogen functional groups attached to an aromatic ring is 1. The lowest BCUT2D eigenvalue weighted by molar-refractivity contribution is 1.28. The number of nitrogens with one attached hydrogen (secondary N) is 2. The SMILES string of the molecule is CNc1nc2ccc(N)cc2[nH]1. The normalized spacial score (nSPS) is 10.4. The van der Waals surface area contributed by atoms with E-state index >= 15 is 0 Å². The molecule has 0 spiro atoms. The predicted molar refractivity (Wildman–Crippen MR) is 50.1 cm³/mol. The lowest BCUT2D eigenvalue weighted by atomic mass is 10.3. The number of anilines is 2. The highest BCUT2D eigenvalue weighted by molar-refractivity contribution is 5.80. The van der Waals surface area contributed by atoms with Crippen molar-refractivity contribution >= 4 is 22.7 Å². The van der Waals surface area contributed by atoms with Crippen LogP contribution in [0.4, 0.5) is 11.6 Å². The standard InChI is InChI=1S/C8H10N4/c1-10-8-11-6-3-2-5(9)4-7(6)12-8/h2-4H,9H2,1H3,(H2,10,11,12). The molecule has 62 valence electrons. The summed E-state index contributed by atoms with van der Waals surface area (Å²) in [6.07, 6.45) is 0. The minimum atomic E-state index is 0.744. The third kappa shape index (κ3) is 0.972. The number of rotatable bonds is 1. The third-order valence-electron chi connectivity index (χ3n) is 1.74. The molecule has 1 heterocycles. The molecular weight excluding hydrogens is 152 g/mol. The van der Waals surface area contributed by atoms with Crippen LogP contribution in [0.2, 0.25) is 0 Å². The molecule has 0 aliphatic heterocycles. The van der Waals surface area contributed by atoms with Crippen LogP contribution in [0, 0.1) is 0 Å². The first-order chi connectivity index (χ1) is 5.79. The van der Waals surface area contributed by atoms with E-state index in [1.807, 2.05) is 25.2 Å². The Morgan fingerprint density at radius 1 is 1.50 bits per heavy atom. The van der Waals surface area contributed by atoms with Gasteiger partial charge in [-0.3, -0.25) is 0 Å². The highest BCUT2D eigenvalue weighted by Crippen LogP contribution is 2.16. The van der Waals surface area contributed by atoms with E-state index in [0.717, 1.165) is 22.7 Å². The second-order valence-electron chi connectivity index (χ2n) is 2.61. The van der Waals surface area contributed by atoms with Gasteiger partial charge in [-0.1, -0.05) is 0 Å². The fourth-order valence-corrected chi connectivity index (χ4v) is 1.15. The summed E-state index contributed by atoms with van der Waals surface area (Å²) in [5.74, 6) is 0.760. The first-order valence-corrected chi connectivity index (χ1v) is 3.72. The smallest absolute Gasteiger partial charge is 0.200 e. The molecule has 4 N–H and O–H groups in total. The maximum absolute atomic E-state index is 5.61. The second-order valence-corrected chi connectivity index (χ2v) is 2.61. The van der Waals surface area contributed by atoms with Crippen molar-refractivity contribution in [1.82, 2.24) is 9.97 Å². The Balaban J connectivity index is 2.67. The zero-order valence-electron chi connectivity index (χ0n) is 6.76. The molecule has 0 amide bonds. The van der Waals surface area contributed by atoms with E-state index in [1.165, 1.54) is 0 Å². The molecule has 12 heavy (non-hydrogen) atoms. The number of fused-ring (bicyclic) bond motifs is 1. The number of nitrogens with two attached hydrogens (primary N) is 1. The lowest BCUT2D eigenvalue weighted by Crippen LogP contribution is -1.88. The summed E-state index contributed by atoms with van der Waals surface area (Å²) >= 11 is 0. The van der Waals surface area contributed by atoms with Crippen LogP contribution in [-0.2, 0) is 0 Å². The number of nitrogens with zero attached hydrogens (tertiary/aromatic N) is 1. The summed E-state index contributed by atoms with van der Waals surface area (Å²) in [5, 5.41) is 2.93. The summed E-state index contributed by atoms with van der Waals surface area (Å²) in [6.45, 7) is 0. The minimum absolute atomic E-state index is 0.744. The largest absolute Gasteiger partial charge is 0.399 e. The fourth-order valence-electron chi connectivity index (χ4n) is 1.15. The van der Waals surface area contributed by atoms with Gasteiger partial charge in [-0.25, -0.2) is 4.98 Å². The van der Waals surface area contributed by atoms with Gasteiger partial charge in [-0.05, 0) is 18.2 Å². The van der Waals surface area contributed by atoms with Crippen molar-refractivity contribution in [2.45, 2.75) is 0 Å². The van der Waals surface area contributed by atoms with Crippen LogP contribution in [0.15, 0.2) is 18.2 Å². The van der Waals surface area contributed by atoms with Crippen molar-refractivity contribution in [2.24, 2.45) is 0 Å². The molecule has 1 aromatic heterocycles. The highest BCUT2D eigenvalue weighted by Gasteiger charge is 1.99. The quantitative estimate of drug-likeness (QED) is 0.552. The molecule has 0 atom stereocenters. The van der Waals surface area contributed by atoms with Gasteiger partial charge in [0.25, 0.3) is 0 Å². The van der Waals surface area contributed by atoms with Crippen LogP contribution in [0.25, 0.3) is 11.0 Å². The summed E-state index contributed by atoms with van der Waals surface area (Å²) < 4.78 is 0. The second kappa shape index (κ2) is 2.41. The van der Waals surface area contributed by atoms with E-state index in [4.69, 9.17) is 5.73 Å². The molecular formula is C8H10N4. The third-order valence-corrected chi connectivity index (χ3v) is 1.74. The Morgan fingerprint density at radius 2 is 2.33 bits per heavy atom. The maximum Gasteiger partial charge on any atom is 0.200 e. The van der Waals surface area contributed by atoms with Gasteiger partial charge in [-0.2, -0.15) is 0 Å². The number of aromatic nitrogens is 2. The molecule has 0 unspecified atom stereocenters. The highest BCUT2D eigenvalue weighted by atomic mass is 15.1. The Kier molecular flexibility index (Phi) is 1.40. The topological polar surface area (TPSA) is 66.7 Å². The van der Waals surface area contributed by atoms with E-state index in [2.05, 4.69) is 15.3 Å². The van der Waals surface area contributed by atoms with Crippen molar-refractivity contribution in [3.05, 3.63) is 18.2 Å². The summed E-state index contributed by atoms with van der Waals surface area (Å²) in [4.78, 5) is 7.33. The van der Waals surface area contributed by atoms with E-state index in [1.54, 1.807) is 0 Å². The van der Waals surface area contributed by atoms with Crippen LogP contribution in [0.3, 0.4) is 0 Å². The first kappa shape index (κ1) is 6.97. The van der Waals surface area contributed by atoms with Gasteiger partial charge in [0, 0.05) is 12.7 Å². The summed E-state index contributed by atoms with van der Waals surface area (Å²) in [5.41, 5.74) is 8.23. The maximum atomic E-state index is 5.61. The van der Waals surface area contributed by atoms with Gasteiger partial charge < -0.3 is 16.0 Å². The van der Waals surface area contributed by atoms with Gasteiger partial charge in [0.15, 0.2) is 0 Å². The molecule has 0 saturated heterocycles. The Labute approximate surface area is 69.8 Å². The van der Waals surface area contributed by atoms with Crippen molar-refractivity contribution in [2.75, 3.05) is 18.1 Å². The monoisotopic (exact) mass is 162 g/mol. The Morgan fingerprint density at radius 3 is 3.08 bits per heavy atom. The molecule has 4 nitrogen and oxygen atoms in total. The molecule has 1 aromatic carbocycles. The van der Waals surface area contributed by atoms with E-state index < -0.39 is 0 Å². The van der Waals surface area contributed by atoms with Crippen molar-refractivity contribution in [3.63, 3.8) is 0 Å². The summed E-state index contributed by atoms with van der Waals surface area (Å²) in [6, 6.07) is 5.59. The Hall–Kier alpha value is -1.71. The molecule has 4 heteroatoms. The molecule has 0 aliphatic carbocycles. The fraction of sp³-hybridized carbons (Fsp3) is 0.125. The molecule has 2 aromatic rings. The van der Waals surface area contributed by atoms with Crippen LogP contribution in [0.1, 0.15) is 0 Å². The molecule has 0 bridgehead atoms. The Bertz CT molecular complexity index is 404. The van der Waals surface area contributed by atoms with E-state index in [-0.39, 0.29) is 0 Å². The van der Waals surface area contributed by atoms with Gasteiger partial charge in [-0.15, -0.1) is 0 Å². The number of H-pyrrole nitrogens is 1. The summed E-state index contributed by atoms with van der Waals surface area (Å²) in [7, 11) is 1.82. The molecule has 2 rings (SSSR count). The number of benzene rings is 1. The number of hydrogen-bond acceptors (Lipinski definition) is 3. The van der Waals surface area contributed by atoms with Crippen molar-refractivity contribution in [1.29, 1.82) is 0 Å². The average Bonchev–Trinajstić information content (AvgIpc) is 2.46. The molecule has 0 saturated carbocycles. The van der Waals surface area contributed by atoms with Gasteiger partial charge in [0.1, 0.15) is 0 Å². The number of aromatic amines is 1. The van der Waals surface area contributed by atoms with E-state index in [0.29, 0.717) is 0 Å². The molecule has 0 fully saturated rings. The molecule has 0 radical (unpaired) electrons. The van der Waals surface area contributed by atoms with E-state index in [9.17, 15) is 0 Å². The lowest BCUT2D eigenvalue weighted by Gasteiger charge is -1.89. The zero-order chi connectivity index (χ0) is 8.55. The van der Waals surface area contributed by atoms with Crippen LogP contribution in [0.5, 0.6) is 0 Å². The number of imidazole rings is 1. The van der Waals surface area contributed by atoms with Gasteiger partial charge in [0.2, 0.25) is 5.95 Å². The predicted octanol–water partition coefficient (Wildman–Crippen LogP) is 1.19. The number of hydrogen-bond donors (Lipinski definition) is 3. The average molecular weight is 162 g/mol. The van der Waals surface area contributed by atoms with Crippen LogP contribution in [-0.4, -0.2) is 17.0 Å². The first-order valence-electron chi connectivity index (χ1n) is 3.72. The van der Waals surface area contributed by atoms with Gasteiger partial charge in [0.05, 0.1) is 11.0 Å². The minimum Gasteiger partial charge on any atom is -0.399 e. The van der Waals surface area contributed by atoms with Crippen molar-refractivity contribution in [3.8, 4) is 0 Å². The van der Waals surface area contributed by atoms with Crippen molar-refractivity contribution < 1.29 is 0 Å². The zero-order valence-corrected chi connectivity index (χ0v) is 6.76.